The van der Waals surface area contributed by atoms with Crippen LogP contribution in [0.3, 0.4) is 0 Å². The topological polar surface area (TPSA) is 78.4 Å². The Bertz CT molecular complexity index is 535. The van der Waals surface area contributed by atoms with Gasteiger partial charge in [-0.25, -0.2) is 4.79 Å². The molecule has 21 heavy (non-hydrogen) atoms. The highest BCUT2D eigenvalue weighted by Gasteiger charge is 2.30. The fourth-order valence-electron chi connectivity index (χ4n) is 1.40. The largest absolute Gasteiger partial charge is 0.481 e. The van der Waals surface area contributed by atoms with E-state index in [9.17, 15) is 22.8 Å². The molecule has 9 heteroatoms. The van der Waals surface area contributed by atoms with Crippen molar-refractivity contribution in [3.63, 3.8) is 0 Å². The van der Waals surface area contributed by atoms with E-state index in [1.165, 1.54) is 0 Å². The van der Waals surface area contributed by atoms with Crippen molar-refractivity contribution in [3.8, 4) is 0 Å². The van der Waals surface area contributed by atoms with Gasteiger partial charge in [-0.2, -0.15) is 13.2 Å². The standard InChI is InChI=1S/C12H12ClF3N2O3/c13-8-6-7(12(14,15)16)3-4-9(8)18-11(21)17-5-1-2-10(19)20/h3-4,6H,1-2,5H2,(H,19,20)(H2,17,18,21). The number of hydrogen-bond acceptors (Lipinski definition) is 2. The van der Waals surface area contributed by atoms with E-state index in [0.717, 1.165) is 12.1 Å². The number of carboxylic acids is 1. The van der Waals surface area contributed by atoms with Gasteiger partial charge in [-0.3, -0.25) is 4.79 Å². The smallest absolute Gasteiger partial charge is 0.416 e. The molecule has 0 spiro atoms. The molecule has 0 aliphatic rings. The van der Waals surface area contributed by atoms with Gasteiger partial charge < -0.3 is 15.7 Å². The second kappa shape index (κ2) is 7.16. The number of alkyl halides is 3. The average molecular weight is 325 g/mol. The zero-order chi connectivity index (χ0) is 16.0. The van der Waals surface area contributed by atoms with E-state index in [4.69, 9.17) is 16.7 Å². The first-order valence-corrected chi connectivity index (χ1v) is 6.21. The van der Waals surface area contributed by atoms with E-state index < -0.39 is 23.7 Å². The van der Waals surface area contributed by atoms with Crippen LogP contribution >= 0.6 is 11.6 Å². The first-order chi connectivity index (χ1) is 9.70. The Labute approximate surface area is 123 Å². The summed E-state index contributed by atoms with van der Waals surface area (Å²) in [7, 11) is 0. The third kappa shape index (κ3) is 5.90. The lowest BCUT2D eigenvalue weighted by Crippen LogP contribution is -2.29. The molecule has 0 aliphatic carbocycles. The molecule has 0 saturated carbocycles. The van der Waals surface area contributed by atoms with Crippen molar-refractivity contribution < 1.29 is 27.9 Å². The monoisotopic (exact) mass is 324 g/mol. The SMILES string of the molecule is O=C(O)CCCNC(=O)Nc1ccc(C(F)(F)F)cc1Cl. The van der Waals surface area contributed by atoms with Gasteiger partial charge in [0.1, 0.15) is 0 Å². The van der Waals surface area contributed by atoms with E-state index in [-0.39, 0.29) is 30.1 Å². The van der Waals surface area contributed by atoms with Crippen LogP contribution in [0.25, 0.3) is 0 Å². The van der Waals surface area contributed by atoms with E-state index in [0.29, 0.717) is 6.07 Å². The predicted octanol–water partition coefficient (Wildman–Crippen LogP) is 3.35. The summed E-state index contributed by atoms with van der Waals surface area (Å²) < 4.78 is 37.3. The van der Waals surface area contributed by atoms with Crippen LogP contribution < -0.4 is 10.6 Å². The molecule has 0 radical (unpaired) electrons. The summed E-state index contributed by atoms with van der Waals surface area (Å²) in [5.41, 5.74) is -0.889. The van der Waals surface area contributed by atoms with Crippen LogP contribution in [0.15, 0.2) is 18.2 Å². The third-order valence-corrected chi connectivity index (χ3v) is 2.71. The van der Waals surface area contributed by atoms with Gasteiger partial charge in [-0.1, -0.05) is 11.6 Å². The molecule has 0 saturated heterocycles. The Morgan fingerprint density at radius 2 is 1.95 bits per heavy atom. The van der Waals surface area contributed by atoms with Crippen LogP contribution in [-0.4, -0.2) is 23.7 Å². The Hall–Kier alpha value is -1.96. The molecular formula is C12H12ClF3N2O3. The molecular weight excluding hydrogens is 313 g/mol. The summed E-state index contributed by atoms with van der Waals surface area (Å²) in [6.45, 7) is 0.121. The maximum Gasteiger partial charge on any atom is 0.416 e. The van der Waals surface area contributed by atoms with Gasteiger partial charge in [-0.05, 0) is 24.6 Å². The molecule has 5 nitrogen and oxygen atoms in total. The van der Waals surface area contributed by atoms with Crippen molar-refractivity contribution in [2.24, 2.45) is 0 Å². The summed E-state index contributed by atoms with van der Waals surface area (Å²) in [5.74, 6) is -0.983. The number of carbonyl (C=O) groups is 2. The number of carboxylic acid groups (broad SMARTS) is 1. The lowest BCUT2D eigenvalue weighted by atomic mass is 10.2. The molecule has 1 aromatic rings. The summed E-state index contributed by atoms with van der Waals surface area (Å²) >= 11 is 5.66. The molecule has 116 valence electrons. The van der Waals surface area contributed by atoms with Crippen LogP contribution in [0.5, 0.6) is 0 Å². The van der Waals surface area contributed by atoms with Crippen LogP contribution in [0.2, 0.25) is 5.02 Å². The zero-order valence-electron chi connectivity index (χ0n) is 10.6. The molecule has 0 unspecified atom stereocenters. The first-order valence-electron chi connectivity index (χ1n) is 5.83. The highest BCUT2D eigenvalue weighted by molar-refractivity contribution is 6.33. The van der Waals surface area contributed by atoms with Crippen LogP contribution in [0, 0.1) is 0 Å². The molecule has 2 amide bonds. The Morgan fingerprint density at radius 3 is 2.48 bits per heavy atom. The number of halogens is 4. The number of aliphatic carboxylic acids is 1. The number of nitrogens with one attached hydrogen (secondary N) is 2. The van der Waals surface area contributed by atoms with Crippen molar-refractivity contribution in [1.82, 2.24) is 5.32 Å². The average Bonchev–Trinajstić information content (AvgIpc) is 2.35. The molecule has 1 rings (SSSR count). The summed E-state index contributed by atoms with van der Waals surface area (Å²) in [4.78, 5) is 21.7. The summed E-state index contributed by atoms with van der Waals surface area (Å²) in [6.07, 6.45) is -4.37. The van der Waals surface area contributed by atoms with E-state index in [1.54, 1.807) is 0 Å². The number of anilines is 1. The summed E-state index contributed by atoms with van der Waals surface area (Å²) in [6, 6.07) is 1.87. The van der Waals surface area contributed by atoms with E-state index >= 15 is 0 Å². The highest BCUT2D eigenvalue weighted by atomic mass is 35.5. The second-order valence-corrected chi connectivity index (χ2v) is 4.48. The Morgan fingerprint density at radius 1 is 1.29 bits per heavy atom. The maximum atomic E-state index is 12.4. The van der Waals surface area contributed by atoms with Gasteiger partial charge in [0.25, 0.3) is 0 Å². The predicted molar refractivity (Wildman–Crippen MR) is 70.3 cm³/mol. The minimum absolute atomic E-state index is 0.0281. The number of rotatable bonds is 5. The minimum atomic E-state index is -4.51. The van der Waals surface area contributed by atoms with Crippen molar-refractivity contribution in [3.05, 3.63) is 28.8 Å². The highest BCUT2D eigenvalue weighted by Crippen LogP contribution is 2.33. The zero-order valence-corrected chi connectivity index (χ0v) is 11.4. The number of hydrogen-bond donors (Lipinski definition) is 3. The molecule has 0 aromatic heterocycles. The van der Waals surface area contributed by atoms with Crippen molar-refractivity contribution in [2.75, 3.05) is 11.9 Å². The van der Waals surface area contributed by atoms with Crippen LogP contribution in [0.1, 0.15) is 18.4 Å². The fourth-order valence-corrected chi connectivity index (χ4v) is 1.63. The van der Waals surface area contributed by atoms with Gasteiger partial charge in [0, 0.05) is 13.0 Å². The van der Waals surface area contributed by atoms with Crippen LogP contribution in [-0.2, 0) is 11.0 Å². The van der Waals surface area contributed by atoms with Crippen molar-refractivity contribution >= 4 is 29.3 Å². The minimum Gasteiger partial charge on any atom is -0.481 e. The lowest BCUT2D eigenvalue weighted by Gasteiger charge is -2.11. The maximum absolute atomic E-state index is 12.4. The number of carbonyl (C=O) groups excluding carboxylic acids is 1. The number of benzene rings is 1. The molecule has 1 aromatic carbocycles. The fraction of sp³-hybridized carbons (Fsp3) is 0.333. The van der Waals surface area contributed by atoms with Crippen LogP contribution in [0.4, 0.5) is 23.7 Å². The Balaban J connectivity index is 2.55. The van der Waals surface area contributed by atoms with Gasteiger partial charge in [-0.15, -0.1) is 0 Å². The third-order valence-electron chi connectivity index (χ3n) is 2.40. The van der Waals surface area contributed by atoms with Gasteiger partial charge in [0.15, 0.2) is 0 Å². The van der Waals surface area contributed by atoms with E-state index in [1.807, 2.05) is 0 Å². The molecule has 0 heterocycles. The van der Waals surface area contributed by atoms with Crippen molar-refractivity contribution in [2.45, 2.75) is 19.0 Å². The van der Waals surface area contributed by atoms with Gasteiger partial charge >= 0.3 is 18.2 Å². The molecule has 0 bridgehead atoms. The normalized spacial score (nSPS) is 11.0. The van der Waals surface area contributed by atoms with Gasteiger partial charge in [0.2, 0.25) is 0 Å². The second-order valence-electron chi connectivity index (χ2n) is 4.07. The Kier molecular flexibility index (Phi) is 5.83. The van der Waals surface area contributed by atoms with Crippen molar-refractivity contribution in [1.29, 1.82) is 0 Å². The number of urea groups is 1. The quantitative estimate of drug-likeness (QED) is 0.727. The van der Waals surface area contributed by atoms with Gasteiger partial charge in [0.05, 0.1) is 16.3 Å². The van der Waals surface area contributed by atoms with E-state index in [2.05, 4.69) is 10.6 Å². The number of amides is 2. The molecule has 0 fully saturated rings. The summed E-state index contributed by atoms with van der Waals surface area (Å²) in [5, 5.41) is 12.8. The first kappa shape index (κ1) is 17.1. The molecule has 0 aliphatic heterocycles. The molecule has 3 N–H and O–H groups in total. The lowest BCUT2D eigenvalue weighted by molar-refractivity contribution is -0.138. The molecule has 0 atom stereocenters.